The second-order valence-electron chi connectivity index (χ2n) is 4.14. The normalized spacial score (nSPS) is 10.9. The van der Waals surface area contributed by atoms with E-state index in [1.165, 1.54) is 0 Å². The summed E-state index contributed by atoms with van der Waals surface area (Å²) in [5.74, 6) is 0.195. The number of rotatable bonds is 2. The van der Waals surface area contributed by atoms with E-state index in [1.807, 2.05) is 37.4 Å². The second-order valence-corrected chi connectivity index (χ2v) is 4.14. The minimum atomic E-state index is -0.458. The van der Waals surface area contributed by atoms with Crippen molar-refractivity contribution in [3.63, 3.8) is 0 Å². The van der Waals surface area contributed by atoms with E-state index in [-0.39, 0.29) is 0 Å². The van der Waals surface area contributed by atoms with Crippen LogP contribution in [-0.4, -0.2) is 10.5 Å². The molecule has 0 atom stereocenters. The number of amides is 1. The van der Waals surface area contributed by atoms with Gasteiger partial charge in [0.15, 0.2) is 0 Å². The van der Waals surface area contributed by atoms with Gasteiger partial charge in [0.1, 0.15) is 11.5 Å². The largest absolute Gasteiger partial charge is 0.464 e. The van der Waals surface area contributed by atoms with Crippen LogP contribution in [0, 0.1) is 0 Å². The number of furan rings is 1. The number of nitrogens with zero attached hydrogens (tertiary/aromatic N) is 1. The third-order valence-electron chi connectivity index (χ3n) is 3.11. The van der Waals surface area contributed by atoms with Gasteiger partial charge in [0.05, 0.1) is 11.8 Å². The molecular formula is C14H12N2O2. The van der Waals surface area contributed by atoms with E-state index in [4.69, 9.17) is 10.2 Å². The molecule has 4 heteroatoms. The van der Waals surface area contributed by atoms with Gasteiger partial charge >= 0.3 is 0 Å². The molecule has 1 aromatic carbocycles. The van der Waals surface area contributed by atoms with Gasteiger partial charge < -0.3 is 14.7 Å². The summed E-state index contributed by atoms with van der Waals surface area (Å²) in [4.78, 5) is 11.7. The van der Waals surface area contributed by atoms with Crippen molar-refractivity contribution in [2.24, 2.45) is 12.8 Å². The molecule has 2 heterocycles. The summed E-state index contributed by atoms with van der Waals surface area (Å²) in [6, 6.07) is 11.4. The van der Waals surface area contributed by atoms with Gasteiger partial charge in [-0.15, -0.1) is 0 Å². The van der Waals surface area contributed by atoms with Crippen LogP contribution >= 0.6 is 0 Å². The summed E-state index contributed by atoms with van der Waals surface area (Å²) in [6.45, 7) is 0. The zero-order valence-electron chi connectivity index (χ0n) is 9.88. The lowest BCUT2D eigenvalue weighted by Crippen LogP contribution is -2.16. The minimum absolute atomic E-state index is 0.458. The first kappa shape index (κ1) is 10.7. The number of para-hydroxylation sites is 1. The fraction of sp³-hybridized carbons (Fsp3) is 0.0714. The lowest BCUT2D eigenvalue weighted by molar-refractivity contribution is 0.0993. The Bertz CT molecular complexity index is 724. The zero-order chi connectivity index (χ0) is 12.7. The van der Waals surface area contributed by atoms with Crippen LogP contribution in [0.3, 0.4) is 0 Å². The van der Waals surface area contributed by atoms with Crippen LogP contribution in [0.15, 0.2) is 47.1 Å². The van der Waals surface area contributed by atoms with Crippen molar-refractivity contribution in [2.75, 3.05) is 0 Å². The van der Waals surface area contributed by atoms with Gasteiger partial charge in [0.25, 0.3) is 5.91 Å². The SMILES string of the molecule is Cn1c(C(N)=O)c(-c2ccco2)c2ccccc21. The zero-order valence-corrected chi connectivity index (χ0v) is 9.88. The molecule has 0 aliphatic carbocycles. The third kappa shape index (κ3) is 1.35. The second kappa shape index (κ2) is 3.77. The number of nitrogens with two attached hydrogens (primary N) is 1. The summed E-state index contributed by atoms with van der Waals surface area (Å²) in [6.07, 6.45) is 1.59. The van der Waals surface area contributed by atoms with Gasteiger partial charge in [-0.1, -0.05) is 18.2 Å². The Balaban J connectivity index is 2.48. The van der Waals surface area contributed by atoms with Crippen LogP contribution in [0.1, 0.15) is 10.5 Å². The number of primary amides is 1. The molecule has 0 saturated carbocycles. The van der Waals surface area contributed by atoms with E-state index in [1.54, 1.807) is 16.9 Å². The van der Waals surface area contributed by atoms with Crippen LogP contribution < -0.4 is 5.73 Å². The summed E-state index contributed by atoms with van der Waals surface area (Å²) in [7, 11) is 1.83. The molecule has 2 aromatic heterocycles. The Morgan fingerprint density at radius 3 is 2.67 bits per heavy atom. The number of carbonyl (C=O) groups is 1. The summed E-state index contributed by atoms with van der Waals surface area (Å²) in [5.41, 5.74) is 7.66. The monoisotopic (exact) mass is 240 g/mol. The molecule has 0 aliphatic heterocycles. The number of aryl methyl sites for hydroxylation is 1. The highest BCUT2D eigenvalue weighted by Gasteiger charge is 2.21. The van der Waals surface area contributed by atoms with Crippen molar-refractivity contribution in [2.45, 2.75) is 0 Å². The fourth-order valence-electron chi connectivity index (χ4n) is 2.35. The van der Waals surface area contributed by atoms with Crippen LogP contribution in [0.4, 0.5) is 0 Å². The van der Waals surface area contributed by atoms with Gasteiger partial charge in [-0.2, -0.15) is 0 Å². The number of hydrogen-bond acceptors (Lipinski definition) is 2. The van der Waals surface area contributed by atoms with Crippen LogP contribution in [0.25, 0.3) is 22.2 Å². The van der Waals surface area contributed by atoms with Crippen molar-refractivity contribution < 1.29 is 9.21 Å². The van der Waals surface area contributed by atoms with E-state index in [0.29, 0.717) is 11.5 Å². The number of benzene rings is 1. The molecule has 4 nitrogen and oxygen atoms in total. The molecular weight excluding hydrogens is 228 g/mol. The molecule has 0 bridgehead atoms. The predicted octanol–water partition coefficient (Wildman–Crippen LogP) is 2.54. The summed E-state index contributed by atoms with van der Waals surface area (Å²) in [5, 5.41) is 0.962. The van der Waals surface area contributed by atoms with Crippen molar-refractivity contribution >= 4 is 16.8 Å². The lowest BCUT2D eigenvalue weighted by Gasteiger charge is -2.01. The molecule has 0 spiro atoms. The lowest BCUT2D eigenvalue weighted by atomic mass is 10.1. The molecule has 0 radical (unpaired) electrons. The summed E-state index contributed by atoms with van der Waals surface area (Å²) < 4.78 is 7.21. The van der Waals surface area contributed by atoms with Crippen LogP contribution in [0.5, 0.6) is 0 Å². The first-order valence-corrected chi connectivity index (χ1v) is 5.61. The van der Waals surface area contributed by atoms with Crippen molar-refractivity contribution in [3.05, 3.63) is 48.4 Å². The number of carbonyl (C=O) groups excluding carboxylic acids is 1. The van der Waals surface area contributed by atoms with Gasteiger partial charge in [-0.25, -0.2) is 0 Å². The number of fused-ring (bicyclic) bond motifs is 1. The maximum atomic E-state index is 11.7. The maximum absolute atomic E-state index is 11.7. The Labute approximate surface area is 104 Å². The van der Waals surface area contributed by atoms with E-state index >= 15 is 0 Å². The van der Waals surface area contributed by atoms with Crippen molar-refractivity contribution in [1.82, 2.24) is 4.57 Å². The quantitative estimate of drug-likeness (QED) is 0.748. The smallest absolute Gasteiger partial charge is 0.266 e. The molecule has 0 aliphatic rings. The van der Waals surface area contributed by atoms with Gasteiger partial charge in [0, 0.05) is 18.0 Å². The maximum Gasteiger partial charge on any atom is 0.266 e. The number of aromatic nitrogens is 1. The third-order valence-corrected chi connectivity index (χ3v) is 3.11. The highest BCUT2D eigenvalue weighted by atomic mass is 16.3. The predicted molar refractivity (Wildman–Crippen MR) is 69.1 cm³/mol. The van der Waals surface area contributed by atoms with E-state index in [2.05, 4.69) is 0 Å². The fourth-order valence-corrected chi connectivity index (χ4v) is 2.35. The molecule has 90 valence electrons. The standard InChI is InChI=1S/C14H12N2O2/c1-16-10-6-3-2-5-9(10)12(13(16)14(15)17)11-7-4-8-18-11/h2-8H,1H3,(H2,15,17). The van der Waals surface area contributed by atoms with Crippen LogP contribution in [-0.2, 0) is 7.05 Å². The van der Waals surface area contributed by atoms with Gasteiger partial charge in [0.2, 0.25) is 0 Å². The van der Waals surface area contributed by atoms with Crippen molar-refractivity contribution in [1.29, 1.82) is 0 Å². The average Bonchev–Trinajstić information content (AvgIpc) is 2.96. The Hall–Kier alpha value is -2.49. The highest BCUT2D eigenvalue weighted by Crippen LogP contribution is 2.34. The van der Waals surface area contributed by atoms with Gasteiger partial charge in [-0.05, 0) is 18.2 Å². The molecule has 0 unspecified atom stereocenters. The molecule has 3 rings (SSSR count). The van der Waals surface area contributed by atoms with Crippen LogP contribution in [0.2, 0.25) is 0 Å². The Morgan fingerprint density at radius 2 is 2.00 bits per heavy atom. The molecule has 18 heavy (non-hydrogen) atoms. The van der Waals surface area contributed by atoms with Gasteiger partial charge in [-0.3, -0.25) is 4.79 Å². The molecule has 0 fully saturated rings. The number of hydrogen-bond donors (Lipinski definition) is 1. The van der Waals surface area contributed by atoms with E-state index in [9.17, 15) is 4.79 Å². The molecule has 1 amide bonds. The Morgan fingerprint density at radius 1 is 1.22 bits per heavy atom. The highest BCUT2D eigenvalue weighted by molar-refractivity contribution is 6.09. The first-order chi connectivity index (χ1) is 8.70. The molecule has 0 saturated heterocycles. The minimum Gasteiger partial charge on any atom is -0.464 e. The van der Waals surface area contributed by atoms with E-state index in [0.717, 1.165) is 16.5 Å². The molecule has 2 N–H and O–H groups in total. The molecule has 3 aromatic rings. The average molecular weight is 240 g/mol. The Kier molecular flexibility index (Phi) is 2.23. The van der Waals surface area contributed by atoms with E-state index < -0.39 is 5.91 Å². The summed E-state index contributed by atoms with van der Waals surface area (Å²) >= 11 is 0. The topological polar surface area (TPSA) is 61.2 Å². The first-order valence-electron chi connectivity index (χ1n) is 5.61. The van der Waals surface area contributed by atoms with Crippen molar-refractivity contribution in [3.8, 4) is 11.3 Å².